The van der Waals surface area contributed by atoms with Crippen LogP contribution in [0.2, 0.25) is 0 Å². The molecule has 3 aliphatic carbocycles. The fraction of sp³-hybridized carbons (Fsp3) is 0.533. The second-order valence-corrected chi connectivity index (χ2v) is 19.4. The van der Waals surface area contributed by atoms with E-state index >= 15 is 4.79 Å². The lowest BCUT2D eigenvalue weighted by molar-refractivity contribution is -0.346. The number of hydrogen-bond donors (Lipinski definition) is 3. The Hall–Kier alpha value is -4.29. The zero-order chi connectivity index (χ0) is 48.6. The Bertz CT molecular complexity index is 2200. The van der Waals surface area contributed by atoms with Crippen LogP contribution in [0, 0.1) is 16.7 Å². The molecule has 0 amide bonds. The Morgan fingerprint density at radius 3 is 1.88 bits per heavy atom. The SMILES string of the molecule is CC(=O)O[C@@H](C(=O)O)[C@@H](C)c1ccccc1.CC(=O)O[C@@]12CO[C@@H]1C[C@H](OC(=O)C(Cl)Cl)[C@@]1(C)C(=O)[C@H](OC(=O)C(Cl)Cl)C3=C(C)[C@@H](O)C[C@@](O)([C@@H](OC(=O)c4ccccc4)[C@H]21)C3(C)C. The van der Waals surface area contributed by atoms with Crippen LogP contribution in [0.3, 0.4) is 0 Å². The van der Waals surface area contributed by atoms with Gasteiger partial charge < -0.3 is 43.7 Å². The molecule has 1 heterocycles. The average Bonchev–Trinajstić information content (AvgIpc) is 3.23. The van der Waals surface area contributed by atoms with Gasteiger partial charge in [0.1, 0.15) is 23.9 Å². The highest BCUT2D eigenvalue weighted by atomic mass is 35.5. The molecule has 4 aliphatic rings. The first-order valence-electron chi connectivity index (χ1n) is 20.4. The topological polar surface area (TPSA) is 236 Å². The summed E-state index contributed by atoms with van der Waals surface area (Å²) in [5, 5.41) is 33.6. The Morgan fingerprint density at radius 2 is 1.38 bits per heavy atom. The summed E-state index contributed by atoms with van der Waals surface area (Å²) in [6.45, 7) is 9.67. The average molecular weight is 989 g/mol. The number of carboxylic acids is 1. The molecule has 0 unspecified atom stereocenters. The van der Waals surface area contributed by atoms with Crippen LogP contribution < -0.4 is 0 Å². The molecule has 16 nitrogen and oxygen atoms in total. The van der Waals surface area contributed by atoms with Gasteiger partial charge in [-0.3, -0.25) is 14.4 Å². The molecule has 2 aromatic carbocycles. The third-order valence-electron chi connectivity index (χ3n) is 13.1. The maximum absolute atomic E-state index is 15.4. The first-order valence-corrected chi connectivity index (χ1v) is 22.2. The number of alkyl halides is 4. The molecule has 1 saturated heterocycles. The molecule has 0 radical (unpaired) electrons. The number of aliphatic hydroxyl groups is 2. The summed E-state index contributed by atoms with van der Waals surface area (Å²) in [6, 6.07) is 16.9. The monoisotopic (exact) mass is 986 g/mol. The number of benzene rings is 2. The minimum atomic E-state index is -2.29. The number of fused-ring (bicyclic) bond motifs is 5. The number of carbonyl (C=O) groups is 7. The van der Waals surface area contributed by atoms with Gasteiger partial charge in [-0.05, 0) is 42.7 Å². The molecule has 2 aromatic rings. The highest BCUT2D eigenvalue weighted by molar-refractivity contribution is 6.53. The van der Waals surface area contributed by atoms with Crippen LogP contribution in [0.5, 0.6) is 0 Å². The second kappa shape index (κ2) is 19.9. The van der Waals surface area contributed by atoms with Gasteiger partial charge in [-0.2, -0.15) is 0 Å². The van der Waals surface area contributed by atoms with Crippen molar-refractivity contribution in [1.29, 1.82) is 0 Å². The van der Waals surface area contributed by atoms with Gasteiger partial charge in [0.05, 0.1) is 29.6 Å². The molecule has 1 aliphatic heterocycles. The number of Topliss-reactive ketones (excluding diaryl/α,β-unsaturated/α-hetero) is 1. The molecule has 0 aromatic heterocycles. The summed E-state index contributed by atoms with van der Waals surface area (Å²) in [6.07, 6.45) is -9.51. The lowest BCUT2D eigenvalue weighted by atomic mass is 9.44. The Labute approximate surface area is 394 Å². The van der Waals surface area contributed by atoms with Gasteiger partial charge in [-0.25, -0.2) is 19.2 Å². The lowest BCUT2D eigenvalue weighted by Crippen LogP contribution is -2.82. The van der Waals surface area contributed by atoms with E-state index < -0.39 is 122 Å². The van der Waals surface area contributed by atoms with Crippen LogP contribution in [0.25, 0.3) is 0 Å². The van der Waals surface area contributed by atoms with Crippen LogP contribution in [-0.2, 0) is 57.2 Å². The van der Waals surface area contributed by atoms with Crippen molar-refractivity contribution < 1.29 is 77.3 Å². The van der Waals surface area contributed by atoms with Crippen LogP contribution in [0.4, 0.5) is 0 Å². The van der Waals surface area contributed by atoms with Crippen molar-refractivity contribution in [3.63, 3.8) is 0 Å². The van der Waals surface area contributed by atoms with E-state index in [2.05, 4.69) is 0 Å². The smallest absolute Gasteiger partial charge is 0.345 e. The first kappa shape index (κ1) is 51.7. The van der Waals surface area contributed by atoms with Gasteiger partial charge in [0.25, 0.3) is 0 Å². The predicted molar refractivity (Wildman–Crippen MR) is 232 cm³/mol. The minimum Gasteiger partial charge on any atom is -0.478 e. The third kappa shape index (κ3) is 9.76. The number of rotatable bonds is 11. The molecule has 0 spiro atoms. The molecule has 354 valence electrons. The van der Waals surface area contributed by atoms with E-state index in [0.717, 1.165) is 12.5 Å². The van der Waals surface area contributed by atoms with Crippen molar-refractivity contribution in [3.8, 4) is 0 Å². The van der Waals surface area contributed by atoms with Crippen LogP contribution in [0.1, 0.15) is 83.1 Å². The number of aliphatic hydroxyl groups excluding tert-OH is 1. The molecule has 3 N–H and O–H groups in total. The number of ketones is 1. The van der Waals surface area contributed by atoms with E-state index in [-0.39, 0.29) is 35.7 Å². The van der Waals surface area contributed by atoms with E-state index in [1.54, 1.807) is 25.1 Å². The van der Waals surface area contributed by atoms with Crippen molar-refractivity contribution in [2.45, 2.75) is 125 Å². The second-order valence-electron chi connectivity index (χ2n) is 17.2. The molecule has 3 fully saturated rings. The van der Waals surface area contributed by atoms with Gasteiger partial charge in [-0.1, -0.05) is 116 Å². The molecule has 11 atom stereocenters. The van der Waals surface area contributed by atoms with Crippen molar-refractivity contribution in [2.24, 2.45) is 16.7 Å². The van der Waals surface area contributed by atoms with Crippen LogP contribution in [-0.4, -0.2) is 121 Å². The normalized spacial score (nSPS) is 30.8. The number of aliphatic carboxylic acids is 1. The Kier molecular flexibility index (Phi) is 15.8. The Morgan fingerprint density at radius 1 is 0.831 bits per heavy atom. The largest absolute Gasteiger partial charge is 0.478 e. The quantitative estimate of drug-likeness (QED) is 0.108. The predicted octanol–water partition coefficient (Wildman–Crippen LogP) is 5.60. The van der Waals surface area contributed by atoms with Crippen molar-refractivity contribution >= 4 is 88.0 Å². The summed E-state index contributed by atoms with van der Waals surface area (Å²) in [4.78, 5) is 86.5. The number of ether oxygens (including phenoxy) is 6. The zero-order valence-corrected chi connectivity index (χ0v) is 39.4. The van der Waals surface area contributed by atoms with E-state index in [9.17, 15) is 39.0 Å². The van der Waals surface area contributed by atoms with E-state index in [1.807, 2.05) is 30.3 Å². The Balaban J connectivity index is 0.000000418. The number of hydrogen-bond acceptors (Lipinski definition) is 15. The van der Waals surface area contributed by atoms with Crippen molar-refractivity contribution in [3.05, 3.63) is 82.9 Å². The van der Waals surface area contributed by atoms with Gasteiger partial charge in [-0.15, -0.1) is 0 Å². The lowest BCUT2D eigenvalue weighted by Gasteiger charge is -2.67. The highest BCUT2D eigenvalue weighted by Crippen LogP contribution is 2.65. The number of halogens is 4. The van der Waals surface area contributed by atoms with Crippen LogP contribution in [0.15, 0.2) is 71.8 Å². The minimum absolute atomic E-state index is 0.0207. The van der Waals surface area contributed by atoms with Crippen LogP contribution >= 0.6 is 46.4 Å². The first-order chi connectivity index (χ1) is 30.3. The highest BCUT2D eigenvalue weighted by Gasteiger charge is 2.79. The maximum atomic E-state index is 15.4. The summed E-state index contributed by atoms with van der Waals surface area (Å²) >= 11 is 23.5. The fourth-order valence-electron chi connectivity index (χ4n) is 9.73. The fourth-order valence-corrected chi connectivity index (χ4v) is 9.93. The van der Waals surface area contributed by atoms with Gasteiger partial charge >= 0.3 is 35.8 Å². The molecule has 2 saturated carbocycles. The molecule has 65 heavy (non-hydrogen) atoms. The number of esters is 5. The maximum Gasteiger partial charge on any atom is 0.345 e. The van der Waals surface area contributed by atoms with Gasteiger partial charge in [0.2, 0.25) is 15.8 Å². The molecular weight excluding hydrogens is 938 g/mol. The summed E-state index contributed by atoms with van der Waals surface area (Å²) in [5.41, 5.74) is -6.72. The van der Waals surface area contributed by atoms with Crippen molar-refractivity contribution in [1.82, 2.24) is 0 Å². The van der Waals surface area contributed by atoms with Crippen molar-refractivity contribution in [2.75, 3.05) is 6.61 Å². The standard InChI is InChI=1S/C33H36Cl4O12.C12H14O4/c1-14-17(39)12-33(44)24(48-27(41)16-9-7-6-8-10-16)22-31(5,23(40)21(20(14)30(33,3)4)47-29(43)26(36)37)18(46-28(42)25(34)35)11-19-32(22,13-45-19)49-15(2)38;1-8(10-6-4-3-5-7-10)11(12(14)15)16-9(2)13/h6-10,17-19,21-22,24-26,39,44H,11-13H2,1-5H3;3-8,11H,1-2H3,(H,14,15)/t17-,18-,19+,21+,22-,24-,31+,32-,33+;8-,11+/m00/s1. The molecule has 6 rings (SSSR count). The number of carboxylic acid groups (broad SMARTS) is 1. The molecule has 2 bridgehead atoms. The summed E-state index contributed by atoms with van der Waals surface area (Å²) in [5.74, 6) is -8.66. The summed E-state index contributed by atoms with van der Waals surface area (Å²) in [7, 11) is 0. The van der Waals surface area contributed by atoms with E-state index in [0.29, 0.717) is 0 Å². The zero-order valence-electron chi connectivity index (χ0n) is 36.3. The molecule has 20 heteroatoms. The van der Waals surface area contributed by atoms with Gasteiger partial charge in [0, 0.05) is 38.0 Å². The van der Waals surface area contributed by atoms with E-state index in [4.69, 9.17) is 79.9 Å². The number of carbonyl (C=O) groups excluding carboxylic acids is 6. The summed E-state index contributed by atoms with van der Waals surface area (Å²) < 4.78 is 34.4. The third-order valence-corrected chi connectivity index (χ3v) is 13.8. The van der Waals surface area contributed by atoms with Gasteiger partial charge in [0.15, 0.2) is 17.5 Å². The van der Waals surface area contributed by atoms with E-state index in [1.165, 1.54) is 46.8 Å². The molecular formula is C45H50Cl4O16.